The van der Waals surface area contributed by atoms with Crippen molar-refractivity contribution in [1.29, 1.82) is 0 Å². The van der Waals surface area contributed by atoms with Crippen molar-refractivity contribution in [3.05, 3.63) is 35.4 Å². The zero-order valence-electron chi connectivity index (χ0n) is 7.46. The molecule has 14 heavy (non-hydrogen) atoms. The zero-order valence-corrected chi connectivity index (χ0v) is 8.21. The van der Waals surface area contributed by atoms with Gasteiger partial charge in [0.05, 0.1) is 6.54 Å². The van der Waals surface area contributed by atoms with Crippen LogP contribution < -0.4 is 5.32 Å². The smallest absolute Gasteiger partial charge is 0.252 e. The van der Waals surface area contributed by atoms with Gasteiger partial charge in [0.1, 0.15) is 5.17 Å². The fraction of sp³-hybridized carbons (Fsp3) is 0.200. The quantitative estimate of drug-likeness (QED) is 0.688. The van der Waals surface area contributed by atoms with E-state index in [1.165, 1.54) is 0 Å². The molecule has 3 nitrogen and oxygen atoms in total. The summed E-state index contributed by atoms with van der Waals surface area (Å²) in [7, 11) is 0. The predicted octanol–water partition coefficient (Wildman–Crippen LogP) is 1.42. The SMILES string of the molecule is O=C1NCCN=C(Cl)c2ccccc21. The molecule has 0 atom stereocenters. The molecular formula is C10H9ClN2O. The number of halogens is 1. The van der Waals surface area contributed by atoms with Gasteiger partial charge in [-0.05, 0) is 6.07 Å². The number of carbonyl (C=O) groups excluding carboxylic acids is 1. The van der Waals surface area contributed by atoms with Crippen molar-refractivity contribution < 1.29 is 4.79 Å². The number of nitrogens with one attached hydrogen (secondary N) is 1. The molecule has 2 rings (SSSR count). The molecule has 72 valence electrons. The van der Waals surface area contributed by atoms with Gasteiger partial charge in [-0.25, -0.2) is 0 Å². The summed E-state index contributed by atoms with van der Waals surface area (Å²) in [5.74, 6) is -0.0892. The predicted molar refractivity (Wildman–Crippen MR) is 56.0 cm³/mol. The molecule has 0 fully saturated rings. The normalized spacial score (nSPS) is 16.1. The number of hydrogen-bond acceptors (Lipinski definition) is 2. The highest BCUT2D eigenvalue weighted by atomic mass is 35.5. The Morgan fingerprint density at radius 3 is 2.79 bits per heavy atom. The van der Waals surface area contributed by atoms with E-state index in [4.69, 9.17) is 11.6 Å². The van der Waals surface area contributed by atoms with Crippen LogP contribution in [0.4, 0.5) is 0 Å². The Balaban J connectivity index is 2.56. The molecule has 1 N–H and O–H groups in total. The summed E-state index contributed by atoms with van der Waals surface area (Å²) < 4.78 is 0. The lowest BCUT2D eigenvalue weighted by molar-refractivity contribution is 0.0954. The summed E-state index contributed by atoms with van der Waals surface area (Å²) in [6.45, 7) is 1.06. The van der Waals surface area contributed by atoms with Crippen LogP contribution in [0.1, 0.15) is 15.9 Å². The highest BCUT2D eigenvalue weighted by Gasteiger charge is 2.14. The van der Waals surface area contributed by atoms with Gasteiger partial charge >= 0.3 is 0 Å². The highest BCUT2D eigenvalue weighted by Crippen LogP contribution is 2.13. The fourth-order valence-corrected chi connectivity index (χ4v) is 1.61. The van der Waals surface area contributed by atoms with E-state index >= 15 is 0 Å². The molecule has 0 unspecified atom stereocenters. The first-order chi connectivity index (χ1) is 6.79. The number of amides is 1. The summed E-state index contributed by atoms with van der Waals surface area (Å²) in [6, 6.07) is 7.19. The maximum Gasteiger partial charge on any atom is 0.252 e. The number of benzene rings is 1. The summed E-state index contributed by atoms with van der Waals surface area (Å²) in [5, 5.41) is 3.17. The van der Waals surface area contributed by atoms with E-state index in [1.54, 1.807) is 12.1 Å². The third-order valence-electron chi connectivity index (χ3n) is 2.04. The van der Waals surface area contributed by atoms with Crippen LogP contribution in [0.2, 0.25) is 0 Å². The van der Waals surface area contributed by atoms with Crippen molar-refractivity contribution in [2.24, 2.45) is 4.99 Å². The molecule has 0 saturated carbocycles. The van der Waals surface area contributed by atoms with E-state index in [1.807, 2.05) is 12.1 Å². The van der Waals surface area contributed by atoms with Crippen LogP contribution >= 0.6 is 11.6 Å². The van der Waals surface area contributed by atoms with Crippen molar-refractivity contribution in [2.45, 2.75) is 0 Å². The van der Waals surface area contributed by atoms with Crippen molar-refractivity contribution in [3.63, 3.8) is 0 Å². The Morgan fingerprint density at radius 1 is 1.29 bits per heavy atom. The van der Waals surface area contributed by atoms with E-state index in [-0.39, 0.29) is 5.91 Å². The second-order valence-corrected chi connectivity index (χ2v) is 3.33. The largest absolute Gasteiger partial charge is 0.350 e. The van der Waals surface area contributed by atoms with Gasteiger partial charge in [0.15, 0.2) is 0 Å². The van der Waals surface area contributed by atoms with Crippen LogP contribution in [-0.4, -0.2) is 24.2 Å². The molecule has 0 aromatic heterocycles. The van der Waals surface area contributed by atoms with E-state index in [9.17, 15) is 4.79 Å². The topological polar surface area (TPSA) is 41.5 Å². The van der Waals surface area contributed by atoms with E-state index < -0.39 is 0 Å². The minimum Gasteiger partial charge on any atom is -0.350 e. The molecule has 0 saturated heterocycles. The van der Waals surface area contributed by atoms with Gasteiger partial charge in [0.25, 0.3) is 5.91 Å². The molecular weight excluding hydrogens is 200 g/mol. The molecule has 4 heteroatoms. The van der Waals surface area contributed by atoms with E-state index in [0.717, 1.165) is 0 Å². The summed E-state index contributed by atoms with van der Waals surface area (Å²) in [4.78, 5) is 15.7. The average Bonchev–Trinajstić information content (AvgIpc) is 2.22. The first kappa shape index (κ1) is 9.21. The standard InChI is InChI=1S/C10H9ClN2O/c11-9-7-3-1-2-4-8(7)10(14)13-6-5-12-9/h1-4H,5-6H2,(H,13,14). The van der Waals surface area contributed by atoms with Crippen LogP contribution in [0.3, 0.4) is 0 Å². The van der Waals surface area contributed by atoms with E-state index in [0.29, 0.717) is 29.4 Å². The maximum absolute atomic E-state index is 11.6. The Labute approximate surface area is 86.8 Å². The van der Waals surface area contributed by atoms with E-state index in [2.05, 4.69) is 10.3 Å². The molecule has 0 spiro atoms. The first-order valence-electron chi connectivity index (χ1n) is 4.36. The van der Waals surface area contributed by atoms with Crippen LogP contribution in [-0.2, 0) is 0 Å². The summed E-state index contributed by atoms with van der Waals surface area (Å²) in [5.41, 5.74) is 1.28. The van der Waals surface area contributed by atoms with Gasteiger partial charge in [-0.3, -0.25) is 9.79 Å². The third kappa shape index (κ3) is 1.63. The Hall–Kier alpha value is -1.35. The Kier molecular flexibility index (Phi) is 2.50. The van der Waals surface area contributed by atoms with Gasteiger partial charge in [-0.15, -0.1) is 0 Å². The van der Waals surface area contributed by atoms with Crippen molar-refractivity contribution >= 4 is 22.7 Å². The number of nitrogens with zero attached hydrogens (tertiary/aromatic N) is 1. The second kappa shape index (κ2) is 3.80. The molecule has 1 aromatic carbocycles. The van der Waals surface area contributed by atoms with Crippen molar-refractivity contribution in [1.82, 2.24) is 5.32 Å². The average molecular weight is 209 g/mol. The van der Waals surface area contributed by atoms with Gasteiger partial charge in [-0.1, -0.05) is 29.8 Å². The molecule has 0 bridgehead atoms. The molecule has 1 heterocycles. The van der Waals surface area contributed by atoms with Crippen LogP contribution in [0.15, 0.2) is 29.3 Å². The number of rotatable bonds is 0. The van der Waals surface area contributed by atoms with Crippen LogP contribution in [0.25, 0.3) is 0 Å². The van der Waals surface area contributed by atoms with Crippen LogP contribution in [0.5, 0.6) is 0 Å². The summed E-state index contributed by atoms with van der Waals surface area (Å²) in [6.07, 6.45) is 0. The van der Waals surface area contributed by atoms with Crippen molar-refractivity contribution in [3.8, 4) is 0 Å². The minimum absolute atomic E-state index is 0.0892. The Bertz CT molecular complexity index is 401. The molecule has 1 aliphatic rings. The molecule has 0 radical (unpaired) electrons. The maximum atomic E-state index is 11.6. The van der Waals surface area contributed by atoms with Crippen LogP contribution in [0, 0.1) is 0 Å². The number of fused-ring (bicyclic) bond motifs is 1. The van der Waals surface area contributed by atoms with Gasteiger partial charge in [0, 0.05) is 17.7 Å². The Morgan fingerprint density at radius 2 is 2.00 bits per heavy atom. The number of hydrogen-bond donors (Lipinski definition) is 1. The lowest BCUT2D eigenvalue weighted by atomic mass is 10.1. The number of carbonyl (C=O) groups is 1. The monoisotopic (exact) mass is 208 g/mol. The van der Waals surface area contributed by atoms with Gasteiger partial charge < -0.3 is 5.32 Å². The third-order valence-corrected chi connectivity index (χ3v) is 2.37. The molecule has 1 aromatic rings. The second-order valence-electron chi connectivity index (χ2n) is 2.97. The lowest BCUT2D eigenvalue weighted by Gasteiger charge is -2.11. The minimum atomic E-state index is -0.0892. The van der Waals surface area contributed by atoms with Gasteiger partial charge in [0.2, 0.25) is 0 Å². The molecule has 0 aliphatic carbocycles. The van der Waals surface area contributed by atoms with Gasteiger partial charge in [-0.2, -0.15) is 0 Å². The molecule has 1 aliphatic heterocycles. The number of aliphatic imine (C=N–C) groups is 1. The molecule has 1 amide bonds. The summed E-state index contributed by atoms with van der Waals surface area (Å²) >= 11 is 5.96. The zero-order chi connectivity index (χ0) is 9.97. The fourth-order valence-electron chi connectivity index (χ4n) is 1.36. The highest BCUT2D eigenvalue weighted by molar-refractivity contribution is 6.70. The first-order valence-corrected chi connectivity index (χ1v) is 4.74. The van der Waals surface area contributed by atoms with Crippen molar-refractivity contribution in [2.75, 3.05) is 13.1 Å². The lowest BCUT2D eigenvalue weighted by Crippen LogP contribution is -2.29.